The van der Waals surface area contributed by atoms with Gasteiger partial charge in [-0.2, -0.15) is 0 Å². The average Bonchev–Trinajstić information content (AvgIpc) is 2.62. The number of rotatable bonds is 7. The number of aromatic nitrogens is 2. The Morgan fingerprint density at radius 2 is 2.20 bits per heavy atom. The van der Waals surface area contributed by atoms with Gasteiger partial charge in [-0.3, -0.25) is 4.79 Å². The monoisotopic (exact) mass is 230 g/mol. The van der Waals surface area contributed by atoms with Crippen molar-refractivity contribution in [1.29, 1.82) is 0 Å². The van der Waals surface area contributed by atoms with Crippen LogP contribution in [-0.2, 0) is 17.0 Å². The van der Waals surface area contributed by atoms with Gasteiger partial charge in [-0.25, -0.2) is 0 Å². The summed E-state index contributed by atoms with van der Waals surface area (Å²) in [5.41, 5.74) is 0. The molecule has 0 unspecified atom stereocenters. The quantitative estimate of drug-likeness (QED) is 0.768. The maximum Gasteiger partial charge on any atom is 0.313 e. The first kappa shape index (κ1) is 12.0. The van der Waals surface area contributed by atoms with Crippen LogP contribution in [0.4, 0.5) is 0 Å². The molecule has 0 aromatic carbocycles. The van der Waals surface area contributed by atoms with Crippen LogP contribution in [0.3, 0.4) is 0 Å². The Morgan fingerprint density at radius 3 is 2.87 bits per heavy atom. The number of carboxylic acids is 1. The molecule has 5 nitrogen and oxygen atoms in total. The van der Waals surface area contributed by atoms with Crippen LogP contribution in [0.5, 0.6) is 0 Å². The number of hydrogen-bond acceptors (Lipinski definition) is 5. The molecule has 0 bridgehead atoms. The lowest BCUT2D eigenvalue weighted by atomic mass is 10.2. The first-order valence-electron chi connectivity index (χ1n) is 4.83. The minimum absolute atomic E-state index is 0.0622. The van der Waals surface area contributed by atoms with E-state index in [1.54, 1.807) is 0 Å². The normalized spacial score (nSPS) is 10.5. The molecule has 0 aliphatic rings. The summed E-state index contributed by atoms with van der Waals surface area (Å²) in [6.45, 7) is 2.10. The minimum atomic E-state index is -0.828. The molecule has 0 atom stereocenters. The summed E-state index contributed by atoms with van der Waals surface area (Å²) in [7, 11) is 0. The van der Waals surface area contributed by atoms with Crippen molar-refractivity contribution in [3.8, 4) is 0 Å². The van der Waals surface area contributed by atoms with E-state index in [0.717, 1.165) is 19.3 Å². The highest BCUT2D eigenvalue weighted by Gasteiger charge is 2.06. The first-order chi connectivity index (χ1) is 7.22. The molecule has 1 aromatic heterocycles. The summed E-state index contributed by atoms with van der Waals surface area (Å²) in [6.07, 6.45) is 2.92. The fourth-order valence-corrected chi connectivity index (χ4v) is 1.57. The number of aliphatic carboxylic acids is 1. The molecule has 0 saturated heterocycles. The van der Waals surface area contributed by atoms with E-state index >= 15 is 0 Å². The molecule has 1 rings (SSSR count). The van der Waals surface area contributed by atoms with Crippen molar-refractivity contribution >= 4 is 17.7 Å². The Kier molecular flexibility index (Phi) is 5.17. The third-order valence-corrected chi connectivity index (χ3v) is 2.61. The number of carboxylic acid groups (broad SMARTS) is 1. The lowest BCUT2D eigenvalue weighted by Gasteiger charge is -1.92. The van der Waals surface area contributed by atoms with E-state index in [1.165, 1.54) is 11.8 Å². The zero-order chi connectivity index (χ0) is 11.1. The molecule has 84 valence electrons. The SMILES string of the molecule is CCCCc1nnc(CSCC(=O)O)o1. The molecule has 1 aromatic rings. The molecule has 1 heterocycles. The van der Waals surface area contributed by atoms with Gasteiger partial charge in [0.15, 0.2) is 0 Å². The molecule has 0 saturated carbocycles. The Morgan fingerprint density at radius 1 is 1.47 bits per heavy atom. The topological polar surface area (TPSA) is 76.2 Å². The number of hydrogen-bond donors (Lipinski definition) is 1. The first-order valence-corrected chi connectivity index (χ1v) is 5.98. The molecule has 0 fully saturated rings. The maximum atomic E-state index is 10.2. The van der Waals surface area contributed by atoms with E-state index in [2.05, 4.69) is 17.1 Å². The number of carbonyl (C=O) groups is 1. The predicted octanol–water partition coefficient (Wildman–Crippen LogP) is 1.73. The van der Waals surface area contributed by atoms with Crippen LogP contribution in [0.2, 0.25) is 0 Å². The fraction of sp³-hybridized carbons (Fsp3) is 0.667. The third kappa shape index (κ3) is 4.83. The highest BCUT2D eigenvalue weighted by atomic mass is 32.2. The van der Waals surface area contributed by atoms with E-state index in [4.69, 9.17) is 9.52 Å². The smallest absolute Gasteiger partial charge is 0.313 e. The molecule has 0 aliphatic carbocycles. The molecule has 0 amide bonds. The van der Waals surface area contributed by atoms with Crippen molar-refractivity contribution in [2.75, 3.05) is 5.75 Å². The van der Waals surface area contributed by atoms with Gasteiger partial charge >= 0.3 is 5.97 Å². The molecule has 6 heteroatoms. The van der Waals surface area contributed by atoms with E-state index in [-0.39, 0.29) is 5.75 Å². The van der Waals surface area contributed by atoms with Crippen LogP contribution < -0.4 is 0 Å². The van der Waals surface area contributed by atoms with Crippen LogP contribution in [0, 0.1) is 0 Å². The van der Waals surface area contributed by atoms with E-state index in [1.807, 2.05) is 0 Å². The van der Waals surface area contributed by atoms with Crippen molar-refractivity contribution in [3.63, 3.8) is 0 Å². The summed E-state index contributed by atoms with van der Waals surface area (Å²) in [6, 6.07) is 0. The largest absolute Gasteiger partial charge is 0.481 e. The zero-order valence-corrected chi connectivity index (χ0v) is 9.42. The van der Waals surface area contributed by atoms with Gasteiger partial charge in [-0.1, -0.05) is 13.3 Å². The van der Waals surface area contributed by atoms with E-state index in [0.29, 0.717) is 17.5 Å². The number of nitrogens with zero attached hydrogens (tertiary/aromatic N) is 2. The number of thioether (sulfide) groups is 1. The third-order valence-electron chi connectivity index (χ3n) is 1.70. The van der Waals surface area contributed by atoms with Gasteiger partial charge in [-0.05, 0) is 6.42 Å². The van der Waals surface area contributed by atoms with Gasteiger partial charge in [0.1, 0.15) is 0 Å². The molecular weight excluding hydrogens is 216 g/mol. The second-order valence-corrected chi connectivity index (χ2v) is 4.07. The van der Waals surface area contributed by atoms with Crippen LogP contribution in [0.15, 0.2) is 4.42 Å². The molecule has 0 radical (unpaired) electrons. The van der Waals surface area contributed by atoms with E-state index < -0.39 is 5.97 Å². The zero-order valence-electron chi connectivity index (χ0n) is 8.60. The fourth-order valence-electron chi connectivity index (χ4n) is 1.00. The highest BCUT2D eigenvalue weighted by Crippen LogP contribution is 2.11. The van der Waals surface area contributed by atoms with Gasteiger partial charge in [0.2, 0.25) is 11.8 Å². The summed E-state index contributed by atoms with van der Waals surface area (Å²) < 4.78 is 5.33. The second kappa shape index (κ2) is 6.44. The molecule has 0 aliphatic heterocycles. The summed E-state index contributed by atoms with van der Waals surface area (Å²) in [4.78, 5) is 10.2. The Labute approximate surface area is 92.3 Å². The van der Waals surface area contributed by atoms with Gasteiger partial charge in [0.05, 0.1) is 11.5 Å². The Balaban J connectivity index is 2.29. The van der Waals surface area contributed by atoms with E-state index in [9.17, 15) is 4.79 Å². The van der Waals surface area contributed by atoms with Crippen LogP contribution in [0.25, 0.3) is 0 Å². The second-order valence-electron chi connectivity index (χ2n) is 3.08. The lowest BCUT2D eigenvalue weighted by Crippen LogP contribution is -1.98. The van der Waals surface area contributed by atoms with Gasteiger partial charge in [0.25, 0.3) is 0 Å². The highest BCUT2D eigenvalue weighted by molar-refractivity contribution is 7.99. The van der Waals surface area contributed by atoms with Crippen LogP contribution >= 0.6 is 11.8 Å². The van der Waals surface area contributed by atoms with Crippen molar-refractivity contribution in [3.05, 3.63) is 11.8 Å². The molecule has 1 N–H and O–H groups in total. The van der Waals surface area contributed by atoms with Crippen molar-refractivity contribution in [2.24, 2.45) is 0 Å². The van der Waals surface area contributed by atoms with Gasteiger partial charge in [-0.15, -0.1) is 22.0 Å². The average molecular weight is 230 g/mol. The maximum absolute atomic E-state index is 10.2. The van der Waals surface area contributed by atoms with Crippen molar-refractivity contribution < 1.29 is 14.3 Å². The number of unbranched alkanes of at least 4 members (excludes halogenated alkanes) is 1. The van der Waals surface area contributed by atoms with Crippen LogP contribution in [0.1, 0.15) is 31.5 Å². The van der Waals surface area contributed by atoms with Crippen LogP contribution in [-0.4, -0.2) is 27.0 Å². The summed E-state index contributed by atoms with van der Waals surface area (Å²) >= 11 is 1.26. The number of aryl methyl sites for hydroxylation is 1. The summed E-state index contributed by atoms with van der Waals surface area (Å²) in [5.74, 6) is 0.846. The van der Waals surface area contributed by atoms with Crippen molar-refractivity contribution in [1.82, 2.24) is 10.2 Å². The minimum Gasteiger partial charge on any atom is -0.481 e. The predicted molar refractivity (Wildman–Crippen MR) is 56.7 cm³/mol. The van der Waals surface area contributed by atoms with Gasteiger partial charge < -0.3 is 9.52 Å². The molecule has 0 spiro atoms. The molecular formula is C9H14N2O3S. The Bertz CT molecular complexity index is 314. The molecule has 15 heavy (non-hydrogen) atoms. The van der Waals surface area contributed by atoms with Crippen molar-refractivity contribution in [2.45, 2.75) is 31.9 Å². The lowest BCUT2D eigenvalue weighted by molar-refractivity contribution is -0.133. The summed E-state index contributed by atoms with van der Waals surface area (Å²) in [5, 5.41) is 16.1. The standard InChI is InChI=1S/C9H14N2O3S/c1-2-3-4-7-10-11-8(14-7)5-15-6-9(12)13/h2-6H2,1H3,(H,12,13). The Hall–Kier alpha value is -1.04. The van der Waals surface area contributed by atoms with Gasteiger partial charge in [0, 0.05) is 6.42 Å².